The molecular weight excluding hydrogens is 246 g/mol. The second kappa shape index (κ2) is 8.05. The van der Waals surface area contributed by atoms with E-state index in [-0.39, 0.29) is 0 Å². The summed E-state index contributed by atoms with van der Waals surface area (Å²) in [5, 5.41) is 3.50. The first kappa shape index (κ1) is 15.0. The fourth-order valence-electron chi connectivity index (χ4n) is 2.46. The molecule has 0 aliphatic carbocycles. The maximum atomic E-state index is 4.43. The summed E-state index contributed by atoms with van der Waals surface area (Å²) in [6, 6.07) is 8.36. The molecule has 1 aromatic heterocycles. The third kappa shape index (κ3) is 4.64. The first-order valence-corrected chi connectivity index (χ1v) is 7.88. The van der Waals surface area contributed by atoms with Crippen LogP contribution in [0, 0.1) is 5.92 Å². The van der Waals surface area contributed by atoms with E-state index >= 15 is 0 Å². The van der Waals surface area contributed by atoms with E-state index in [2.05, 4.69) is 46.9 Å². The molecule has 0 atom stereocenters. The lowest BCUT2D eigenvalue weighted by molar-refractivity contribution is 0.518. The molecule has 1 heterocycles. The maximum Gasteiger partial charge on any atom is 0.0958 e. The first-order chi connectivity index (χ1) is 9.77. The van der Waals surface area contributed by atoms with Crippen LogP contribution in [0.25, 0.3) is 11.0 Å². The predicted molar refractivity (Wildman–Crippen MR) is 85.9 cm³/mol. The van der Waals surface area contributed by atoms with E-state index in [1.165, 1.54) is 31.2 Å². The third-order valence-corrected chi connectivity index (χ3v) is 3.58. The van der Waals surface area contributed by atoms with Crippen LogP contribution in [0.15, 0.2) is 30.6 Å². The number of nitrogens with one attached hydrogen (secondary N) is 1. The van der Waals surface area contributed by atoms with Crippen LogP contribution in [0.1, 0.15) is 39.5 Å². The minimum atomic E-state index is 0.754. The molecule has 0 saturated carbocycles. The molecule has 0 unspecified atom stereocenters. The van der Waals surface area contributed by atoms with Crippen molar-refractivity contribution in [1.82, 2.24) is 14.9 Å². The quantitative estimate of drug-likeness (QED) is 0.703. The fraction of sp³-hybridized carbons (Fsp3) is 0.588. The summed E-state index contributed by atoms with van der Waals surface area (Å²) >= 11 is 0. The van der Waals surface area contributed by atoms with Crippen LogP contribution < -0.4 is 5.32 Å². The third-order valence-electron chi connectivity index (χ3n) is 3.58. The van der Waals surface area contributed by atoms with Crippen molar-refractivity contribution in [2.24, 2.45) is 5.92 Å². The molecule has 110 valence electrons. The summed E-state index contributed by atoms with van der Waals surface area (Å²) in [4.78, 5) is 4.43. The van der Waals surface area contributed by atoms with Crippen LogP contribution in [0.5, 0.6) is 0 Å². The lowest BCUT2D eigenvalue weighted by Gasteiger charge is -2.07. The SMILES string of the molecule is CC(C)CNCCCCCCn1cnc2ccccc21. The molecule has 20 heavy (non-hydrogen) atoms. The normalized spacial score (nSPS) is 11.6. The Labute approximate surface area is 122 Å². The lowest BCUT2D eigenvalue weighted by atomic mass is 10.2. The fourth-order valence-corrected chi connectivity index (χ4v) is 2.46. The molecule has 0 amide bonds. The van der Waals surface area contributed by atoms with E-state index in [0.717, 1.165) is 31.1 Å². The van der Waals surface area contributed by atoms with Crippen molar-refractivity contribution < 1.29 is 0 Å². The van der Waals surface area contributed by atoms with Crippen LogP contribution in [0.2, 0.25) is 0 Å². The zero-order valence-electron chi connectivity index (χ0n) is 12.8. The van der Waals surface area contributed by atoms with E-state index in [1.807, 2.05) is 12.4 Å². The molecule has 0 spiro atoms. The molecule has 2 aromatic rings. The largest absolute Gasteiger partial charge is 0.331 e. The van der Waals surface area contributed by atoms with Crippen molar-refractivity contribution in [3.63, 3.8) is 0 Å². The van der Waals surface area contributed by atoms with E-state index in [1.54, 1.807) is 0 Å². The van der Waals surface area contributed by atoms with Crippen LogP contribution in [-0.2, 0) is 6.54 Å². The summed E-state index contributed by atoms with van der Waals surface area (Å²) in [5.41, 5.74) is 2.36. The Morgan fingerprint density at radius 1 is 1.10 bits per heavy atom. The van der Waals surface area contributed by atoms with Crippen molar-refractivity contribution in [3.8, 4) is 0 Å². The van der Waals surface area contributed by atoms with Crippen LogP contribution in [-0.4, -0.2) is 22.6 Å². The Morgan fingerprint density at radius 2 is 1.90 bits per heavy atom. The molecule has 0 bridgehead atoms. The highest BCUT2D eigenvalue weighted by atomic mass is 15.0. The number of rotatable bonds is 9. The van der Waals surface area contributed by atoms with E-state index < -0.39 is 0 Å². The first-order valence-electron chi connectivity index (χ1n) is 7.88. The molecule has 0 radical (unpaired) electrons. The van der Waals surface area contributed by atoms with Crippen LogP contribution in [0.3, 0.4) is 0 Å². The van der Waals surface area contributed by atoms with Gasteiger partial charge in [0.2, 0.25) is 0 Å². The summed E-state index contributed by atoms with van der Waals surface area (Å²) in [5.74, 6) is 0.754. The van der Waals surface area contributed by atoms with Gasteiger partial charge in [0.1, 0.15) is 0 Å². The van der Waals surface area contributed by atoms with Crippen molar-refractivity contribution >= 4 is 11.0 Å². The van der Waals surface area contributed by atoms with Crippen LogP contribution >= 0.6 is 0 Å². The highest BCUT2D eigenvalue weighted by Crippen LogP contribution is 2.13. The average molecular weight is 273 g/mol. The second-order valence-corrected chi connectivity index (χ2v) is 5.94. The number of hydrogen-bond donors (Lipinski definition) is 1. The Hall–Kier alpha value is -1.35. The molecule has 2 rings (SSSR count). The zero-order chi connectivity index (χ0) is 14.2. The molecule has 0 saturated heterocycles. The molecule has 0 aliphatic heterocycles. The molecule has 1 N–H and O–H groups in total. The molecule has 0 fully saturated rings. The monoisotopic (exact) mass is 273 g/mol. The molecule has 1 aromatic carbocycles. The number of hydrogen-bond acceptors (Lipinski definition) is 2. The number of imidazole rings is 1. The lowest BCUT2D eigenvalue weighted by Crippen LogP contribution is -2.20. The Balaban J connectivity index is 1.59. The van der Waals surface area contributed by atoms with Gasteiger partial charge in [-0.3, -0.25) is 0 Å². The van der Waals surface area contributed by atoms with Gasteiger partial charge in [-0.1, -0.05) is 38.8 Å². The smallest absolute Gasteiger partial charge is 0.0958 e. The summed E-state index contributed by atoms with van der Waals surface area (Å²) in [6.07, 6.45) is 7.12. The maximum absolute atomic E-state index is 4.43. The highest BCUT2D eigenvalue weighted by Gasteiger charge is 2.00. The molecule has 3 heteroatoms. The number of para-hydroxylation sites is 2. The van der Waals surface area contributed by atoms with Gasteiger partial charge in [-0.15, -0.1) is 0 Å². The second-order valence-electron chi connectivity index (χ2n) is 5.94. The molecule has 0 aliphatic rings. The predicted octanol–water partition coefficient (Wildman–Crippen LogP) is 3.84. The Bertz CT molecular complexity index is 502. The summed E-state index contributed by atoms with van der Waals surface area (Å²) in [6.45, 7) is 7.89. The zero-order valence-corrected chi connectivity index (χ0v) is 12.8. The Kier molecular flexibility index (Phi) is 6.06. The van der Waals surface area contributed by atoms with Crippen molar-refractivity contribution in [2.75, 3.05) is 13.1 Å². The molecule has 3 nitrogen and oxygen atoms in total. The van der Waals surface area contributed by atoms with Crippen LogP contribution in [0.4, 0.5) is 0 Å². The number of unbranched alkanes of at least 4 members (excludes halogenated alkanes) is 3. The van der Waals surface area contributed by atoms with Gasteiger partial charge >= 0.3 is 0 Å². The van der Waals surface area contributed by atoms with Gasteiger partial charge < -0.3 is 9.88 Å². The van der Waals surface area contributed by atoms with E-state index in [0.29, 0.717) is 0 Å². The van der Waals surface area contributed by atoms with Gasteiger partial charge in [0, 0.05) is 6.54 Å². The van der Waals surface area contributed by atoms with Gasteiger partial charge in [0.15, 0.2) is 0 Å². The minimum Gasteiger partial charge on any atom is -0.331 e. The summed E-state index contributed by atoms with van der Waals surface area (Å²) < 4.78 is 2.27. The number of aromatic nitrogens is 2. The number of benzene rings is 1. The number of fused-ring (bicyclic) bond motifs is 1. The van der Waals surface area contributed by atoms with E-state index in [9.17, 15) is 0 Å². The van der Waals surface area contributed by atoms with Crippen molar-refractivity contribution in [2.45, 2.75) is 46.1 Å². The minimum absolute atomic E-state index is 0.754. The van der Waals surface area contributed by atoms with Gasteiger partial charge in [-0.25, -0.2) is 4.98 Å². The number of aryl methyl sites for hydroxylation is 1. The average Bonchev–Trinajstić information content (AvgIpc) is 2.85. The van der Waals surface area contributed by atoms with Gasteiger partial charge in [-0.05, 0) is 44.0 Å². The molecular formula is C17H27N3. The number of nitrogens with zero attached hydrogens (tertiary/aromatic N) is 2. The Morgan fingerprint density at radius 3 is 2.75 bits per heavy atom. The summed E-state index contributed by atoms with van der Waals surface area (Å²) in [7, 11) is 0. The van der Waals surface area contributed by atoms with Gasteiger partial charge in [-0.2, -0.15) is 0 Å². The van der Waals surface area contributed by atoms with E-state index in [4.69, 9.17) is 0 Å². The van der Waals surface area contributed by atoms with Gasteiger partial charge in [0.25, 0.3) is 0 Å². The van der Waals surface area contributed by atoms with Crippen molar-refractivity contribution in [1.29, 1.82) is 0 Å². The van der Waals surface area contributed by atoms with Gasteiger partial charge in [0.05, 0.1) is 17.4 Å². The van der Waals surface area contributed by atoms with Crippen molar-refractivity contribution in [3.05, 3.63) is 30.6 Å². The topological polar surface area (TPSA) is 29.9 Å². The standard InChI is InChI=1S/C17H27N3/c1-15(2)13-18-11-7-3-4-8-12-20-14-19-16-9-5-6-10-17(16)20/h5-6,9-10,14-15,18H,3-4,7-8,11-13H2,1-2H3. The highest BCUT2D eigenvalue weighted by molar-refractivity contribution is 5.74.